The zero-order chi connectivity index (χ0) is 11.8. The fraction of sp³-hybridized carbons (Fsp3) is 0.923. The van der Waals surface area contributed by atoms with Gasteiger partial charge in [-0.1, -0.05) is 6.92 Å². The van der Waals surface area contributed by atoms with Crippen LogP contribution in [0, 0.1) is 23.2 Å². The number of nitriles is 1. The van der Waals surface area contributed by atoms with E-state index in [0.717, 1.165) is 31.8 Å². The molecule has 0 aromatic carbocycles. The lowest BCUT2D eigenvalue weighted by Crippen LogP contribution is -2.54. The van der Waals surface area contributed by atoms with Crippen LogP contribution in [-0.4, -0.2) is 29.6 Å². The van der Waals surface area contributed by atoms with Gasteiger partial charge in [-0.15, -0.1) is 0 Å². The smallest absolute Gasteiger partial charge is 0.119 e. The molecule has 2 aliphatic rings. The molecule has 3 nitrogen and oxygen atoms in total. The molecule has 2 rings (SSSR count). The van der Waals surface area contributed by atoms with E-state index >= 15 is 0 Å². The first-order valence-electron chi connectivity index (χ1n) is 6.49. The summed E-state index contributed by atoms with van der Waals surface area (Å²) in [6.45, 7) is 6.45. The Morgan fingerprint density at radius 2 is 2.06 bits per heavy atom. The molecule has 1 saturated heterocycles. The van der Waals surface area contributed by atoms with E-state index in [-0.39, 0.29) is 0 Å². The average molecular weight is 221 g/mol. The predicted octanol–water partition coefficient (Wildman–Crippen LogP) is 1.74. The highest BCUT2D eigenvalue weighted by atomic mass is 15.2. The van der Waals surface area contributed by atoms with E-state index in [1.165, 1.54) is 12.8 Å². The second-order valence-corrected chi connectivity index (χ2v) is 5.88. The lowest BCUT2D eigenvalue weighted by molar-refractivity contribution is 0.107. The van der Waals surface area contributed by atoms with Gasteiger partial charge in [-0.05, 0) is 51.0 Å². The normalized spacial score (nSPS) is 35.4. The second-order valence-electron chi connectivity index (χ2n) is 5.88. The molecular formula is C13H23N3. The molecule has 1 saturated carbocycles. The summed E-state index contributed by atoms with van der Waals surface area (Å²) in [5, 5.41) is 9.26. The number of likely N-dealkylation sites (tertiary alicyclic amines) is 1. The van der Waals surface area contributed by atoms with Crippen LogP contribution in [-0.2, 0) is 0 Å². The monoisotopic (exact) mass is 221 g/mol. The van der Waals surface area contributed by atoms with Gasteiger partial charge in [-0.2, -0.15) is 5.26 Å². The highest BCUT2D eigenvalue weighted by Gasteiger charge is 2.44. The third kappa shape index (κ3) is 2.39. The van der Waals surface area contributed by atoms with Crippen LogP contribution in [0.25, 0.3) is 0 Å². The van der Waals surface area contributed by atoms with Gasteiger partial charge in [0.05, 0.1) is 6.07 Å². The number of piperidine rings is 1. The van der Waals surface area contributed by atoms with Crippen LogP contribution in [0.15, 0.2) is 0 Å². The first kappa shape index (κ1) is 11.9. The minimum Gasteiger partial charge on any atom is -0.312 e. The predicted molar refractivity (Wildman–Crippen MR) is 64.7 cm³/mol. The van der Waals surface area contributed by atoms with E-state index in [1.54, 1.807) is 0 Å². The van der Waals surface area contributed by atoms with Crippen LogP contribution < -0.4 is 5.73 Å². The molecule has 16 heavy (non-hydrogen) atoms. The van der Waals surface area contributed by atoms with Crippen LogP contribution in [0.2, 0.25) is 0 Å². The van der Waals surface area contributed by atoms with Crippen molar-refractivity contribution in [1.29, 1.82) is 5.26 Å². The van der Waals surface area contributed by atoms with Gasteiger partial charge in [0.1, 0.15) is 5.54 Å². The third-order valence-corrected chi connectivity index (χ3v) is 4.25. The Balaban J connectivity index is 1.95. The van der Waals surface area contributed by atoms with Crippen molar-refractivity contribution in [1.82, 2.24) is 4.90 Å². The minimum atomic E-state index is -0.588. The summed E-state index contributed by atoms with van der Waals surface area (Å²) in [6.07, 6.45) is 4.77. The van der Waals surface area contributed by atoms with Gasteiger partial charge in [0.15, 0.2) is 0 Å². The first-order chi connectivity index (χ1) is 7.55. The van der Waals surface area contributed by atoms with E-state index in [2.05, 4.69) is 24.8 Å². The molecule has 0 radical (unpaired) electrons. The largest absolute Gasteiger partial charge is 0.312 e. The molecule has 3 heteroatoms. The van der Waals surface area contributed by atoms with E-state index in [9.17, 15) is 5.26 Å². The zero-order valence-corrected chi connectivity index (χ0v) is 10.4. The van der Waals surface area contributed by atoms with Crippen LogP contribution >= 0.6 is 0 Å². The topological polar surface area (TPSA) is 53.0 Å². The van der Waals surface area contributed by atoms with Crippen molar-refractivity contribution in [2.75, 3.05) is 13.1 Å². The SMILES string of the molecule is CC1CCN(CC(N)(C#N)C2CC2)C(C)C1. The van der Waals surface area contributed by atoms with Crippen molar-refractivity contribution in [3.63, 3.8) is 0 Å². The Morgan fingerprint density at radius 3 is 2.56 bits per heavy atom. The average Bonchev–Trinajstić information content (AvgIpc) is 3.06. The van der Waals surface area contributed by atoms with Crippen LogP contribution in [0.3, 0.4) is 0 Å². The first-order valence-corrected chi connectivity index (χ1v) is 6.49. The molecular weight excluding hydrogens is 198 g/mol. The zero-order valence-electron chi connectivity index (χ0n) is 10.4. The van der Waals surface area contributed by atoms with Crippen molar-refractivity contribution in [2.45, 2.75) is 51.1 Å². The summed E-state index contributed by atoms with van der Waals surface area (Å²) < 4.78 is 0. The van der Waals surface area contributed by atoms with Crippen LogP contribution in [0.1, 0.15) is 39.5 Å². The molecule has 2 fully saturated rings. The maximum atomic E-state index is 9.26. The molecule has 0 amide bonds. The summed E-state index contributed by atoms with van der Waals surface area (Å²) in [7, 11) is 0. The Kier molecular flexibility index (Phi) is 3.23. The summed E-state index contributed by atoms with van der Waals surface area (Å²) in [6, 6.07) is 2.94. The summed E-state index contributed by atoms with van der Waals surface area (Å²) in [5.41, 5.74) is 5.64. The molecule has 1 aliphatic heterocycles. The highest BCUT2D eigenvalue weighted by molar-refractivity contribution is 5.15. The molecule has 0 aromatic rings. The van der Waals surface area contributed by atoms with Gasteiger partial charge in [-0.25, -0.2) is 0 Å². The van der Waals surface area contributed by atoms with E-state index in [4.69, 9.17) is 5.73 Å². The standard InChI is InChI=1S/C13H23N3/c1-10-5-6-16(11(2)7-10)9-13(15,8-14)12-3-4-12/h10-12H,3-7,9,15H2,1-2H3. The molecule has 90 valence electrons. The van der Waals surface area contributed by atoms with Gasteiger partial charge < -0.3 is 5.73 Å². The van der Waals surface area contributed by atoms with Crippen LogP contribution in [0.4, 0.5) is 0 Å². The lowest BCUT2D eigenvalue weighted by atomic mass is 9.89. The van der Waals surface area contributed by atoms with Gasteiger partial charge in [0.2, 0.25) is 0 Å². The van der Waals surface area contributed by atoms with E-state index < -0.39 is 5.54 Å². The van der Waals surface area contributed by atoms with E-state index in [0.29, 0.717) is 12.0 Å². The molecule has 0 bridgehead atoms. The van der Waals surface area contributed by atoms with Gasteiger partial charge in [0, 0.05) is 12.6 Å². The van der Waals surface area contributed by atoms with Crippen molar-refractivity contribution in [3.05, 3.63) is 0 Å². The number of rotatable bonds is 3. The number of hydrogen-bond acceptors (Lipinski definition) is 3. The van der Waals surface area contributed by atoms with Crippen molar-refractivity contribution >= 4 is 0 Å². The van der Waals surface area contributed by atoms with Crippen LogP contribution in [0.5, 0.6) is 0 Å². The molecule has 1 aliphatic carbocycles. The van der Waals surface area contributed by atoms with Crippen molar-refractivity contribution < 1.29 is 0 Å². The van der Waals surface area contributed by atoms with Gasteiger partial charge in [-0.3, -0.25) is 4.90 Å². The van der Waals surface area contributed by atoms with Crippen molar-refractivity contribution in [2.24, 2.45) is 17.6 Å². The Bertz CT molecular complexity index is 292. The molecule has 0 spiro atoms. The fourth-order valence-corrected chi connectivity index (χ4v) is 2.88. The quantitative estimate of drug-likeness (QED) is 0.789. The lowest BCUT2D eigenvalue weighted by Gasteiger charge is -2.40. The molecule has 3 atom stereocenters. The number of hydrogen-bond donors (Lipinski definition) is 1. The number of nitrogens with two attached hydrogens (primary N) is 1. The molecule has 1 heterocycles. The summed E-state index contributed by atoms with van der Waals surface area (Å²) in [4.78, 5) is 2.42. The Morgan fingerprint density at radius 1 is 1.38 bits per heavy atom. The van der Waals surface area contributed by atoms with Crippen molar-refractivity contribution in [3.8, 4) is 6.07 Å². The summed E-state index contributed by atoms with van der Waals surface area (Å²) >= 11 is 0. The Hall–Kier alpha value is -0.590. The molecule has 3 unspecified atom stereocenters. The van der Waals surface area contributed by atoms with Gasteiger partial charge >= 0.3 is 0 Å². The fourth-order valence-electron chi connectivity index (χ4n) is 2.88. The Labute approximate surface area is 98.6 Å². The molecule has 2 N–H and O–H groups in total. The maximum absolute atomic E-state index is 9.26. The van der Waals surface area contributed by atoms with Gasteiger partial charge in [0.25, 0.3) is 0 Å². The molecule has 0 aromatic heterocycles. The second kappa shape index (κ2) is 4.35. The summed E-state index contributed by atoms with van der Waals surface area (Å²) in [5.74, 6) is 1.27. The maximum Gasteiger partial charge on any atom is 0.119 e. The van der Waals surface area contributed by atoms with E-state index in [1.807, 2.05) is 0 Å². The number of nitrogens with zero attached hydrogens (tertiary/aromatic N) is 2. The highest BCUT2D eigenvalue weighted by Crippen LogP contribution is 2.39. The minimum absolute atomic E-state index is 0.448. The third-order valence-electron chi connectivity index (χ3n) is 4.25.